The van der Waals surface area contributed by atoms with Gasteiger partial charge < -0.3 is 4.90 Å². The Morgan fingerprint density at radius 1 is 1.05 bits per heavy atom. The third kappa shape index (κ3) is 3.12. The van der Waals surface area contributed by atoms with Crippen molar-refractivity contribution in [2.45, 2.75) is 0 Å². The summed E-state index contributed by atoms with van der Waals surface area (Å²) in [7, 11) is 4.06. The Kier molecular flexibility index (Phi) is 4.65. The van der Waals surface area contributed by atoms with Crippen molar-refractivity contribution < 1.29 is 0 Å². The van der Waals surface area contributed by atoms with E-state index in [1.54, 1.807) is 6.08 Å². The molecule has 102 valence electrons. The van der Waals surface area contributed by atoms with E-state index in [1.165, 1.54) is 5.69 Å². The maximum atomic E-state index is 6.30. The normalized spacial score (nSPS) is 11.2. The minimum Gasteiger partial charge on any atom is -0.378 e. The standard InChI is InChI=1S/C18H18ClN/c1-4-7-16(17-8-5-6-9-18(17)19)14-10-12-15(13-11-14)20(2)3/h4-13H,1H2,2-3H3. The molecule has 0 N–H and O–H groups in total. The van der Waals surface area contributed by atoms with Crippen LogP contribution in [0.5, 0.6) is 0 Å². The molecule has 2 heteroatoms. The van der Waals surface area contributed by atoms with E-state index >= 15 is 0 Å². The molecule has 0 fully saturated rings. The molecule has 0 unspecified atom stereocenters. The van der Waals surface area contributed by atoms with Crippen molar-refractivity contribution in [2.75, 3.05) is 19.0 Å². The van der Waals surface area contributed by atoms with Gasteiger partial charge >= 0.3 is 0 Å². The molecule has 2 aromatic carbocycles. The highest BCUT2D eigenvalue weighted by Crippen LogP contribution is 2.30. The Hall–Kier alpha value is -1.99. The summed E-state index contributed by atoms with van der Waals surface area (Å²) < 4.78 is 0. The zero-order valence-corrected chi connectivity index (χ0v) is 12.6. The van der Waals surface area contributed by atoms with Gasteiger partial charge in [-0.15, -0.1) is 0 Å². The van der Waals surface area contributed by atoms with E-state index in [9.17, 15) is 0 Å². The van der Waals surface area contributed by atoms with E-state index in [0.29, 0.717) is 0 Å². The number of nitrogens with zero attached hydrogens (tertiary/aromatic N) is 1. The molecule has 0 aliphatic heterocycles. The van der Waals surface area contributed by atoms with Crippen LogP contribution in [0.15, 0.2) is 67.3 Å². The minimum absolute atomic E-state index is 0.747. The molecule has 0 bridgehead atoms. The monoisotopic (exact) mass is 283 g/mol. The lowest BCUT2D eigenvalue weighted by Crippen LogP contribution is -2.08. The van der Waals surface area contributed by atoms with Crippen molar-refractivity contribution in [3.05, 3.63) is 83.4 Å². The van der Waals surface area contributed by atoms with Gasteiger partial charge in [0.15, 0.2) is 0 Å². The Morgan fingerprint density at radius 3 is 2.25 bits per heavy atom. The van der Waals surface area contributed by atoms with Gasteiger partial charge in [0.05, 0.1) is 0 Å². The number of hydrogen-bond donors (Lipinski definition) is 0. The molecule has 0 aliphatic rings. The van der Waals surface area contributed by atoms with Gasteiger partial charge in [-0.3, -0.25) is 0 Å². The molecule has 0 radical (unpaired) electrons. The van der Waals surface area contributed by atoms with Crippen LogP contribution in [0, 0.1) is 0 Å². The highest BCUT2D eigenvalue weighted by atomic mass is 35.5. The predicted molar refractivity (Wildman–Crippen MR) is 89.5 cm³/mol. The van der Waals surface area contributed by atoms with E-state index in [2.05, 4.69) is 35.7 Å². The van der Waals surface area contributed by atoms with E-state index < -0.39 is 0 Å². The van der Waals surface area contributed by atoms with Crippen LogP contribution in [0.1, 0.15) is 11.1 Å². The number of anilines is 1. The van der Waals surface area contributed by atoms with Gasteiger partial charge in [0, 0.05) is 30.4 Å². The summed E-state index contributed by atoms with van der Waals surface area (Å²) >= 11 is 6.30. The summed E-state index contributed by atoms with van der Waals surface area (Å²) in [5.74, 6) is 0. The van der Waals surface area contributed by atoms with Crippen molar-refractivity contribution in [2.24, 2.45) is 0 Å². The lowest BCUT2D eigenvalue weighted by atomic mass is 9.97. The molecule has 0 heterocycles. The number of rotatable bonds is 4. The van der Waals surface area contributed by atoms with Crippen molar-refractivity contribution in [1.82, 2.24) is 0 Å². The second kappa shape index (κ2) is 6.44. The van der Waals surface area contributed by atoms with E-state index in [4.69, 9.17) is 11.6 Å². The first kappa shape index (κ1) is 14.4. The fourth-order valence-electron chi connectivity index (χ4n) is 2.08. The van der Waals surface area contributed by atoms with Gasteiger partial charge in [-0.1, -0.05) is 60.7 Å². The van der Waals surface area contributed by atoms with Gasteiger partial charge in [-0.2, -0.15) is 0 Å². The summed E-state index contributed by atoms with van der Waals surface area (Å²) in [5, 5.41) is 0.747. The Labute approximate surface area is 125 Å². The molecule has 2 rings (SSSR count). The second-order valence-corrected chi connectivity index (χ2v) is 5.14. The van der Waals surface area contributed by atoms with Crippen molar-refractivity contribution in [3.8, 4) is 0 Å². The maximum absolute atomic E-state index is 6.30. The fraction of sp³-hybridized carbons (Fsp3) is 0.111. The van der Waals surface area contributed by atoms with Crippen LogP contribution in [-0.4, -0.2) is 14.1 Å². The predicted octanol–water partition coefficient (Wildman–Crippen LogP) is 5.02. The molecule has 0 aliphatic carbocycles. The number of allylic oxidation sites excluding steroid dienone is 2. The molecular formula is C18H18ClN. The largest absolute Gasteiger partial charge is 0.378 e. The molecule has 0 amide bonds. The smallest absolute Gasteiger partial charge is 0.0484 e. The zero-order valence-electron chi connectivity index (χ0n) is 11.8. The maximum Gasteiger partial charge on any atom is 0.0484 e. The van der Waals surface area contributed by atoms with Gasteiger partial charge in [-0.25, -0.2) is 0 Å². The fourth-order valence-corrected chi connectivity index (χ4v) is 2.32. The Balaban J connectivity index is 2.47. The summed E-state index contributed by atoms with van der Waals surface area (Å²) in [6.07, 6.45) is 3.78. The van der Waals surface area contributed by atoms with Gasteiger partial charge in [0.2, 0.25) is 0 Å². The number of hydrogen-bond acceptors (Lipinski definition) is 1. The lowest BCUT2D eigenvalue weighted by molar-refractivity contribution is 1.13. The van der Waals surface area contributed by atoms with Crippen LogP contribution >= 0.6 is 11.6 Å². The van der Waals surface area contributed by atoms with Gasteiger partial charge in [0.25, 0.3) is 0 Å². The molecule has 0 saturated carbocycles. The molecule has 0 spiro atoms. The van der Waals surface area contributed by atoms with Crippen LogP contribution < -0.4 is 4.90 Å². The second-order valence-electron chi connectivity index (χ2n) is 4.74. The summed E-state index contributed by atoms with van der Waals surface area (Å²) in [6, 6.07) is 16.3. The molecule has 1 nitrogen and oxygen atoms in total. The SMILES string of the molecule is C=CC=C(c1ccc(N(C)C)cc1)c1ccccc1Cl. The molecule has 0 aromatic heterocycles. The lowest BCUT2D eigenvalue weighted by Gasteiger charge is -2.14. The summed E-state index contributed by atoms with van der Waals surface area (Å²) in [5.41, 5.74) is 4.40. The van der Waals surface area contributed by atoms with Crippen molar-refractivity contribution >= 4 is 22.9 Å². The summed E-state index contributed by atoms with van der Waals surface area (Å²) in [4.78, 5) is 2.08. The zero-order chi connectivity index (χ0) is 14.5. The number of benzene rings is 2. The van der Waals surface area contributed by atoms with Crippen molar-refractivity contribution in [3.63, 3.8) is 0 Å². The molecular weight excluding hydrogens is 266 g/mol. The van der Waals surface area contributed by atoms with Crippen LogP contribution in [-0.2, 0) is 0 Å². The van der Waals surface area contributed by atoms with Gasteiger partial charge in [-0.05, 0) is 29.3 Å². The van der Waals surface area contributed by atoms with Crippen LogP contribution in [0.4, 0.5) is 5.69 Å². The van der Waals surface area contributed by atoms with E-state index in [1.807, 2.05) is 44.4 Å². The molecule has 0 saturated heterocycles. The number of halogens is 1. The highest BCUT2D eigenvalue weighted by Gasteiger charge is 2.08. The Morgan fingerprint density at radius 2 is 1.70 bits per heavy atom. The van der Waals surface area contributed by atoms with E-state index in [-0.39, 0.29) is 0 Å². The topological polar surface area (TPSA) is 3.24 Å². The average Bonchev–Trinajstić information content (AvgIpc) is 2.46. The first-order valence-corrected chi connectivity index (χ1v) is 6.86. The van der Waals surface area contributed by atoms with Crippen LogP contribution in [0.2, 0.25) is 5.02 Å². The van der Waals surface area contributed by atoms with Gasteiger partial charge in [0.1, 0.15) is 0 Å². The quantitative estimate of drug-likeness (QED) is 0.712. The Bertz CT molecular complexity index is 624. The van der Waals surface area contributed by atoms with Crippen LogP contribution in [0.3, 0.4) is 0 Å². The molecule has 0 atom stereocenters. The third-order valence-corrected chi connectivity index (χ3v) is 3.47. The minimum atomic E-state index is 0.747. The van der Waals surface area contributed by atoms with Crippen LogP contribution in [0.25, 0.3) is 5.57 Å². The highest BCUT2D eigenvalue weighted by molar-refractivity contribution is 6.32. The summed E-state index contributed by atoms with van der Waals surface area (Å²) in [6.45, 7) is 3.80. The molecule has 2 aromatic rings. The average molecular weight is 284 g/mol. The van der Waals surface area contributed by atoms with Crippen molar-refractivity contribution in [1.29, 1.82) is 0 Å². The third-order valence-electron chi connectivity index (χ3n) is 3.14. The van der Waals surface area contributed by atoms with E-state index in [0.717, 1.165) is 21.7 Å². The molecule has 20 heavy (non-hydrogen) atoms. The first-order valence-electron chi connectivity index (χ1n) is 6.49. The first-order chi connectivity index (χ1) is 9.63.